The molecule has 0 bridgehead atoms. The molecule has 1 saturated heterocycles. The van der Waals surface area contributed by atoms with Gasteiger partial charge in [-0.2, -0.15) is 5.10 Å². The van der Waals surface area contributed by atoms with E-state index in [-0.39, 0.29) is 12.0 Å². The summed E-state index contributed by atoms with van der Waals surface area (Å²) < 4.78 is 5.72. The highest BCUT2D eigenvalue weighted by Crippen LogP contribution is 2.20. The fourth-order valence-electron chi connectivity index (χ4n) is 2.49. The zero-order valence-corrected chi connectivity index (χ0v) is 13.4. The number of carbonyl (C=O) groups excluding carboxylic acids is 1. The van der Waals surface area contributed by atoms with E-state index in [1.807, 2.05) is 23.3 Å². The number of aryl methyl sites for hydroxylation is 2. The standard InChI is InChI=1S/C15H20N4O2S/c1-2-13-16-15(18-17-13)12-10-19(7-8-21-12)14(20)6-5-11-4-3-9-22-11/h3-4,9,12H,2,5-8,10H2,1H3,(H,16,17,18)/t12-/m1/s1. The lowest BCUT2D eigenvalue weighted by molar-refractivity contribution is -0.139. The Hall–Kier alpha value is -1.73. The van der Waals surface area contributed by atoms with Crippen molar-refractivity contribution in [2.45, 2.75) is 32.3 Å². The molecule has 0 saturated carbocycles. The summed E-state index contributed by atoms with van der Waals surface area (Å²) in [6, 6.07) is 4.09. The molecule has 0 aliphatic carbocycles. The minimum Gasteiger partial charge on any atom is -0.366 e. The third-order valence-electron chi connectivity index (χ3n) is 3.76. The Labute approximate surface area is 133 Å². The molecule has 2 aromatic heterocycles. The minimum absolute atomic E-state index is 0.174. The third kappa shape index (κ3) is 3.53. The van der Waals surface area contributed by atoms with Crippen molar-refractivity contribution in [2.24, 2.45) is 0 Å². The molecule has 1 aliphatic heterocycles. The van der Waals surface area contributed by atoms with Crippen LogP contribution in [0.1, 0.15) is 36.0 Å². The lowest BCUT2D eigenvalue weighted by Gasteiger charge is -2.31. The molecule has 22 heavy (non-hydrogen) atoms. The van der Waals surface area contributed by atoms with Gasteiger partial charge in [-0.05, 0) is 17.9 Å². The average molecular weight is 320 g/mol. The number of rotatable bonds is 5. The molecule has 2 aromatic rings. The Bertz CT molecular complexity index is 611. The highest BCUT2D eigenvalue weighted by Gasteiger charge is 2.27. The van der Waals surface area contributed by atoms with Crippen molar-refractivity contribution in [3.63, 3.8) is 0 Å². The van der Waals surface area contributed by atoms with Crippen LogP contribution in [-0.4, -0.2) is 45.7 Å². The normalized spacial score (nSPS) is 18.6. The van der Waals surface area contributed by atoms with Crippen LogP contribution in [0.25, 0.3) is 0 Å². The van der Waals surface area contributed by atoms with E-state index in [9.17, 15) is 4.79 Å². The van der Waals surface area contributed by atoms with Gasteiger partial charge in [0.15, 0.2) is 5.82 Å². The van der Waals surface area contributed by atoms with E-state index < -0.39 is 0 Å². The van der Waals surface area contributed by atoms with Crippen molar-refractivity contribution < 1.29 is 9.53 Å². The maximum Gasteiger partial charge on any atom is 0.223 e. The van der Waals surface area contributed by atoms with E-state index >= 15 is 0 Å². The highest BCUT2D eigenvalue weighted by molar-refractivity contribution is 7.09. The van der Waals surface area contributed by atoms with Crippen molar-refractivity contribution >= 4 is 17.2 Å². The number of carbonyl (C=O) groups is 1. The molecule has 0 radical (unpaired) electrons. The molecule has 0 unspecified atom stereocenters. The molecule has 1 amide bonds. The monoisotopic (exact) mass is 320 g/mol. The number of hydrogen-bond donors (Lipinski definition) is 1. The molecular formula is C15H20N4O2S. The van der Waals surface area contributed by atoms with Gasteiger partial charge in [0.05, 0.1) is 13.2 Å². The first-order chi connectivity index (χ1) is 10.8. The number of thiophene rings is 1. The summed E-state index contributed by atoms with van der Waals surface area (Å²) in [6.07, 6.45) is 1.93. The van der Waals surface area contributed by atoms with E-state index in [2.05, 4.69) is 21.2 Å². The summed E-state index contributed by atoms with van der Waals surface area (Å²) in [5.74, 6) is 1.67. The van der Waals surface area contributed by atoms with E-state index in [4.69, 9.17) is 4.74 Å². The molecule has 0 spiro atoms. The van der Waals surface area contributed by atoms with Gasteiger partial charge in [-0.1, -0.05) is 13.0 Å². The van der Waals surface area contributed by atoms with Gasteiger partial charge in [0, 0.05) is 24.3 Å². The zero-order valence-electron chi connectivity index (χ0n) is 12.6. The van der Waals surface area contributed by atoms with Crippen molar-refractivity contribution in [2.75, 3.05) is 19.7 Å². The van der Waals surface area contributed by atoms with Crippen molar-refractivity contribution in [1.29, 1.82) is 0 Å². The maximum atomic E-state index is 12.4. The lowest BCUT2D eigenvalue weighted by Crippen LogP contribution is -2.42. The predicted octanol–water partition coefficient (Wildman–Crippen LogP) is 1.96. The first kappa shape index (κ1) is 15.2. The van der Waals surface area contributed by atoms with Crippen LogP contribution in [-0.2, 0) is 22.4 Å². The summed E-state index contributed by atoms with van der Waals surface area (Å²) in [4.78, 5) is 19.9. The Morgan fingerprint density at radius 1 is 1.59 bits per heavy atom. The quantitative estimate of drug-likeness (QED) is 0.914. The van der Waals surface area contributed by atoms with Gasteiger partial charge in [-0.15, -0.1) is 11.3 Å². The maximum absolute atomic E-state index is 12.4. The topological polar surface area (TPSA) is 71.1 Å². The number of H-pyrrole nitrogens is 1. The number of nitrogens with one attached hydrogen (secondary N) is 1. The SMILES string of the molecule is CCc1nc([C@H]2CN(C(=O)CCc3cccs3)CCO2)n[nH]1. The molecule has 1 atom stereocenters. The number of hydrogen-bond acceptors (Lipinski definition) is 5. The largest absolute Gasteiger partial charge is 0.366 e. The van der Waals surface area contributed by atoms with Gasteiger partial charge in [-0.25, -0.2) is 4.98 Å². The van der Waals surface area contributed by atoms with Crippen LogP contribution < -0.4 is 0 Å². The first-order valence-electron chi connectivity index (χ1n) is 7.59. The number of nitrogens with zero attached hydrogens (tertiary/aromatic N) is 3. The van der Waals surface area contributed by atoms with E-state index in [0.29, 0.717) is 31.9 Å². The molecule has 118 valence electrons. The molecule has 3 rings (SSSR count). The average Bonchev–Trinajstić information content (AvgIpc) is 3.24. The fraction of sp³-hybridized carbons (Fsp3) is 0.533. The van der Waals surface area contributed by atoms with E-state index in [1.165, 1.54) is 4.88 Å². The number of amides is 1. The lowest BCUT2D eigenvalue weighted by atomic mass is 10.2. The van der Waals surface area contributed by atoms with Gasteiger partial charge in [0.1, 0.15) is 11.9 Å². The summed E-state index contributed by atoms with van der Waals surface area (Å²) in [7, 11) is 0. The molecule has 1 aliphatic rings. The van der Waals surface area contributed by atoms with Crippen molar-refractivity contribution in [3.05, 3.63) is 34.0 Å². The van der Waals surface area contributed by atoms with Crippen LogP contribution in [0.15, 0.2) is 17.5 Å². The van der Waals surface area contributed by atoms with Crippen LogP contribution >= 0.6 is 11.3 Å². The Morgan fingerprint density at radius 3 is 3.23 bits per heavy atom. The number of aromatic amines is 1. The van der Waals surface area contributed by atoms with E-state index in [0.717, 1.165) is 18.7 Å². The predicted molar refractivity (Wildman–Crippen MR) is 83.7 cm³/mol. The number of morpholine rings is 1. The van der Waals surface area contributed by atoms with Gasteiger partial charge in [-0.3, -0.25) is 9.89 Å². The Balaban J connectivity index is 1.56. The van der Waals surface area contributed by atoms with Crippen LogP contribution in [0.5, 0.6) is 0 Å². The zero-order chi connectivity index (χ0) is 15.4. The van der Waals surface area contributed by atoms with Gasteiger partial charge >= 0.3 is 0 Å². The van der Waals surface area contributed by atoms with Crippen LogP contribution in [0, 0.1) is 0 Å². The van der Waals surface area contributed by atoms with Crippen molar-refractivity contribution in [1.82, 2.24) is 20.1 Å². The molecule has 3 heterocycles. The Morgan fingerprint density at radius 2 is 2.50 bits per heavy atom. The second-order valence-electron chi connectivity index (χ2n) is 5.27. The second kappa shape index (κ2) is 7.02. The van der Waals surface area contributed by atoms with Gasteiger partial charge < -0.3 is 9.64 Å². The Kier molecular flexibility index (Phi) is 4.84. The molecule has 0 aromatic carbocycles. The van der Waals surface area contributed by atoms with Crippen LogP contribution in [0.4, 0.5) is 0 Å². The van der Waals surface area contributed by atoms with Crippen LogP contribution in [0.3, 0.4) is 0 Å². The smallest absolute Gasteiger partial charge is 0.223 e. The number of aromatic nitrogens is 3. The summed E-state index contributed by atoms with van der Waals surface area (Å²) in [5, 5.41) is 9.13. The van der Waals surface area contributed by atoms with Crippen molar-refractivity contribution in [3.8, 4) is 0 Å². The molecular weight excluding hydrogens is 300 g/mol. The molecule has 1 N–H and O–H groups in total. The first-order valence-corrected chi connectivity index (χ1v) is 8.47. The summed E-state index contributed by atoms with van der Waals surface area (Å²) in [6.45, 7) is 3.73. The minimum atomic E-state index is -0.226. The van der Waals surface area contributed by atoms with Gasteiger partial charge in [0.2, 0.25) is 5.91 Å². The van der Waals surface area contributed by atoms with Gasteiger partial charge in [0.25, 0.3) is 0 Å². The molecule has 6 nitrogen and oxygen atoms in total. The fourth-order valence-corrected chi connectivity index (χ4v) is 3.20. The molecule has 7 heteroatoms. The number of ether oxygens (including phenoxy) is 1. The second-order valence-corrected chi connectivity index (χ2v) is 6.30. The molecule has 1 fully saturated rings. The van der Waals surface area contributed by atoms with Crippen LogP contribution in [0.2, 0.25) is 0 Å². The summed E-state index contributed by atoms with van der Waals surface area (Å²) >= 11 is 1.69. The summed E-state index contributed by atoms with van der Waals surface area (Å²) in [5.41, 5.74) is 0. The van der Waals surface area contributed by atoms with E-state index in [1.54, 1.807) is 11.3 Å². The third-order valence-corrected chi connectivity index (χ3v) is 4.69. The highest BCUT2D eigenvalue weighted by atomic mass is 32.1.